The zero-order valence-electron chi connectivity index (χ0n) is 7.20. The van der Waals surface area contributed by atoms with E-state index < -0.39 is 37.3 Å². The molecule has 0 N–H and O–H groups in total. The first-order valence-electron chi connectivity index (χ1n) is 3.52. The third-order valence-corrected chi connectivity index (χ3v) is 1.22. The van der Waals surface area contributed by atoms with Gasteiger partial charge in [-0.2, -0.15) is 22.0 Å². The van der Waals surface area contributed by atoms with E-state index in [1.165, 1.54) is 0 Å². The molecule has 0 aromatic heterocycles. The van der Waals surface area contributed by atoms with Gasteiger partial charge < -0.3 is 4.74 Å². The zero-order chi connectivity index (χ0) is 13.1. The third-order valence-electron chi connectivity index (χ3n) is 1.22. The standard InChI is InChI=1S/C6H4F8O2/c7-2(6(12,13)14)3(15)16-1-5(10,11)4(8)9/h2,4H,1H2. The van der Waals surface area contributed by atoms with Crippen LogP contribution in [0.5, 0.6) is 0 Å². The van der Waals surface area contributed by atoms with E-state index in [4.69, 9.17) is 0 Å². The van der Waals surface area contributed by atoms with E-state index >= 15 is 0 Å². The van der Waals surface area contributed by atoms with Crippen molar-refractivity contribution in [2.24, 2.45) is 0 Å². The first-order chi connectivity index (χ1) is 6.98. The molecule has 0 saturated heterocycles. The number of carbonyl (C=O) groups is 1. The fraction of sp³-hybridized carbons (Fsp3) is 0.833. The molecule has 2 nitrogen and oxygen atoms in total. The summed E-state index contributed by atoms with van der Waals surface area (Å²) in [5.41, 5.74) is 0. The normalized spacial score (nSPS) is 15.1. The highest BCUT2D eigenvalue weighted by Crippen LogP contribution is 2.26. The summed E-state index contributed by atoms with van der Waals surface area (Å²) < 4.78 is 96.5. The Labute approximate surface area is 83.2 Å². The average Bonchev–Trinajstić information content (AvgIpc) is 2.11. The lowest BCUT2D eigenvalue weighted by Crippen LogP contribution is -2.39. The van der Waals surface area contributed by atoms with Crippen LogP contribution in [-0.4, -0.2) is 37.3 Å². The van der Waals surface area contributed by atoms with Gasteiger partial charge in [0.15, 0.2) is 6.61 Å². The molecule has 1 unspecified atom stereocenters. The maximum absolute atomic E-state index is 12.0. The Morgan fingerprint density at radius 2 is 1.50 bits per heavy atom. The quantitative estimate of drug-likeness (QED) is 0.572. The fourth-order valence-corrected chi connectivity index (χ4v) is 0.437. The van der Waals surface area contributed by atoms with Crippen molar-refractivity contribution in [2.75, 3.05) is 6.61 Å². The van der Waals surface area contributed by atoms with Crippen molar-refractivity contribution in [2.45, 2.75) is 24.7 Å². The summed E-state index contributed by atoms with van der Waals surface area (Å²) in [6, 6.07) is 0. The van der Waals surface area contributed by atoms with Crippen molar-refractivity contribution in [1.29, 1.82) is 0 Å². The number of alkyl halides is 8. The molecule has 10 heteroatoms. The van der Waals surface area contributed by atoms with Gasteiger partial charge in [-0.05, 0) is 0 Å². The smallest absolute Gasteiger partial charge is 0.430 e. The van der Waals surface area contributed by atoms with Crippen molar-refractivity contribution in [3.63, 3.8) is 0 Å². The molecule has 0 aromatic rings. The van der Waals surface area contributed by atoms with E-state index in [0.29, 0.717) is 0 Å². The molecule has 0 saturated carbocycles. The Kier molecular flexibility index (Phi) is 4.50. The van der Waals surface area contributed by atoms with E-state index in [9.17, 15) is 39.9 Å². The molecule has 0 aliphatic carbocycles. The van der Waals surface area contributed by atoms with Crippen LogP contribution in [0.15, 0.2) is 0 Å². The average molecular weight is 260 g/mol. The minimum absolute atomic E-state index is 2.32. The van der Waals surface area contributed by atoms with Crippen LogP contribution >= 0.6 is 0 Å². The second-order valence-corrected chi connectivity index (χ2v) is 2.57. The zero-order valence-corrected chi connectivity index (χ0v) is 7.20. The molecule has 0 aromatic carbocycles. The number of halogens is 8. The molecule has 16 heavy (non-hydrogen) atoms. The second kappa shape index (κ2) is 4.83. The highest BCUT2D eigenvalue weighted by molar-refractivity contribution is 5.75. The molecule has 0 rings (SSSR count). The molecular formula is C6H4F8O2. The maximum atomic E-state index is 12.0. The summed E-state index contributed by atoms with van der Waals surface area (Å²) in [4.78, 5) is 10.2. The van der Waals surface area contributed by atoms with Gasteiger partial charge in [-0.25, -0.2) is 18.0 Å². The molecule has 0 aliphatic rings. The summed E-state index contributed by atoms with van der Waals surface area (Å²) in [6.45, 7) is -2.32. The molecule has 96 valence electrons. The van der Waals surface area contributed by atoms with Crippen molar-refractivity contribution >= 4 is 5.97 Å². The van der Waals surface area contributed by atoms with E-state index in [1.54, 1.807) is 0 Å². The highest BCUT2D eigenvalue weighted by atomic mass is 19.4. The van der Waals surface area contributed by atoms with E-state index in [-0.39, 0.29) is 0 Å². The van der Waals surface area contributed by atoms with Gasteiger partial charge >= 0.3 is 24.5 Å². The summed E-state index contributed by atoms with van der Waals surface area (Å²) >= 11 is 0. The van der Waals surface area contributed by atoms with Gasteiger partial charge in [0, 0.05) is 0 Å². The fourth-order valence-electron chi connectivity index (χ4n) is 0.437. The first-order valence-corrected chi connectivity index (χ1v) is 3.52. The minimum Gasteiger partial charge on any atom is -0.457 e. The van der Waals surface area contributed by atoms with Crippen LogP contribution in [0.2, 0.25) is 0 Å². The van der Waals surface area contributed by atoms with Gasteiger partial charge in [0.05, 0.1) is 0 Å². The van der Waals surface area contributed by atoms with Crippen molar-refractivity contribution in [1.82, 2.24) is 0 Å². The van der Waals surface area contributed by atoms with Crippen LogP contribution in [0.4, 0.5) is 35.1 Å². The number of hydrogen-bond donors (Lipinski definition) is 0. The Bertz CT molecular complexity index is 247. The maximum Gasteiger partial charge on any atom is 0.430 e. The van der Waals surface area contributed by atoms with Gasteiger partial charge in [0.25, 0.3) is 6.17 Å². The summed E-state index contributed by atoms with van der Waals surface area (Å²) in [5, 5.41) is 0. The van der Waals surface area contributed by atoms with Crippen LogP contribution in [0.25, 0.3) is 0 Å². The largest absolute Gasteiger partial charge is 0.457 e. The number of carbonyl (C=O) groups excluding carboxylic acids is 1. The Morgan fingerprint density at radius 1 is 1.06 bits per heavy atom. The number of rotatable bonds is 4. The lowest BCUT2D eigenvalue weighted by Gasteiger charge is -2.16. The predicted octanol–water partition coefficient (Wildman–Crippen LogP) is 2.33. The van der Waals surface area contributed by atoms with Gasteiger partial charge in [-0.3, -0.25) is 0 Å². The first kappa shape index (κ1) is 14.9. The van der Waals surface area contributed by atoms with Gasteiger partial charge in [-0.15, -0.1) is 0 Å². The molecule has 0 spiro atoms. The Balaban J connectivity index is 4.29. The molecule has 0 amide bonds. The summed E-state index contributed by atoms with van der Waals surface area (Å²) in [6.07, 6.45) is -14.0. The van der Waals surface area contributed by atoms with Crippen molar-refractivity contribution < 1.29 is 44.7 Å². The van der Waals surface area contributed by atoms with Crippen LogP contribution in [0.3, 0.4) is 0 Å². The molecule has 0 heterocycles. The van der Waals surface area contributed by atoms with Crippen LogP contribution < -0.4 is 0 Å². The van der Waals surface area contributed by atoms with Crippen molar-refractivity contribution in [3.05, 3.63) is 0 Å². The molecule has 1 atom stereocenters. The van der Waals surface area contributed by atoms with Crippen LogP contribution in [-0.2, 0) is 9.53 Å². The Morgan fingerprint density at radius 3 is 1.81 bits per heavy atom. The molecular weight excluding hydrogens is 256 g/mol. The number of ether oxygens (including phenoxy) is 1. The monoisotopic (exact) mass is 260 g/mol. The van der Waals surface area contributed by atoms with Gasteiger partial charge in [0.2, 0.25) is 0 Å². The SMILES string of the molecule is O=C(OCC(F)(F)C(F)F)C(F)C(F)(F)F. The third kappa shape index (κ3) is 4.19. The number of esters is 1. The van der Waals surface area contributed by atoms with E-state index in [1.807, 2.05) is 0 Å². The second-order valence-electron chi connectivity index (χ2n) is 2.57. The summed E-state index contributed by atoms with van der Waals surface area (Å²) in [7, 11) is 0. The van der Waals surface area contributed by atoms with Gasteiger partial charge in [0.1, 0.15) is 0 Å². The van der Waals surface area contributed by atoms with Crippen molar-refractivity contribution in [3.8, 4) is 0 Å². The molecule has 0 radical (unpaired) electrons. The lowest BCUT2D eigenvalue weighted by atomic mass is 10.3. The van der Waals surface area contributed by atoms with Crippen LogP contribution in [0, 0.1) is 0 Å². The predicted molar refractivity (Wildman–Crippen MR) is 32.9 cm³/mol. The van der Waals surface area contributed by atoms with Gasteiger partial charge in [-0.1, -0.05) is 0 Å². The number of hydrogen-bond acceptors (Lipinski definition) is 2. The van der Waals surface area contributed by atoms with Crippen LogP contribution in [0.1, 0.15) is 0 Å². The Hall–Kier alpha value is -1.09. The molecule has 0 bridgehead atoms. The van der Waals surface area contributed by atoms with E-state index in [0.717, 1.165) is 0 Å². The topological polar surface area (TPSA) is 26.3 Å². The highest BCUT2D eigenvalue weighted by Gasteiger charge is 2.49. The molecule has 0 fully saturated rings. The minimum atomic E-state index is -5.63. The molecule has 0 aliphatic heterocycles. The van der Waals surface area contributed by atoms with E-state index in [2.05, 4.69) is 4.74 Å². The summed E-state index contributed by atoms with van der Waals surface area (Å²) in [5.74, 6) is -7.51. The lowest BCUT2D eigenvalue weighted by molar-refractivity contribution is -0.213.